The highest BCUT2D eigenvalue weighted by Crippen LogP contribution is 2.03. The van der Waals surface area contributed by atoms with Gasteiger partial charge >= 0.3 is 0 Å². The molecule has 0 amide bonds. The van der Waals surface area contributed by atoms with Gasteiger partial charge in [-0.1, -0.05) is 60.7 Å². The molecule has 0 unspecified atom stereocenters. The normalized spacial score (nSPS) is 9.88. The third-order valence-electron chi connectivity index (χ3n) is 2.51. The number of hydrogen-bond donors (Lipinski definition) is 0. The first-order valence-corrected chi connectivity index (χ1v) is 6.85. The second-order valence-corrected chi connectivity index (χ2v) is 5.39. The van der Waals surface area contributed by atoms with Crippen molar-refractivity contribution in [3.8, 4) is 0 Å². The number of benzene rings is 2. The van der Waals surface area contributed by atoms with Crippen LogP contribution in [-0.2, 0) is 0 Å². The molecule has 0 N–H and O–H groups in total. The summed E-state index contributed by atoms with van der Waals surface area (Å²) in [4.78, 5) is 23.7. The topological polar surface area (TPSA) is 34.1 Å². The molecule has 2 rings (SSSR count). The highest BCUT2D eigenvalue weighted by molar-refractivity contribution is 7.01. The van der Waals surface area contributed by atoms with Crippen LogP contribution in [0.1, 0.15) is 20.7 Å². The Bertz CT molecular complexity index is 471. The van der Waals surface area contributed by atoms with E-state index in [1.54, 1.807) is 24.3 Å². The summed E-state index contributed by atoms with van der Waals surface area (Å²) in [7, 11) is -1.41. The maximum absolute atomic E-state index is 11.9. The lowest BCUT2D eigenvalue weighted by Crippen LogP contribution is -2.20. The zero-order valence-corrected chi connectivity index (χ0v) is 10.7. The van der Waals surface area contributed by atoms with Gasteiger partial charge in [-0.15, -0.1) is 0 Å². The molecule has 0 bridgehead atoms. The maximum Gasteiger partial charge on any atom is 0.190 e. The van der Waals surface area contributed by atoms with E-state index in [9.17, 15) is 9.59 Å². The monoisotopic (exact) mass is 240 g/mol. The maximum atomic E-state index is 11.9. The molecular weight excluding hydrogens is 228 g/mol. The van der Waals surface area contributed by atoms with Crippen LogP contribution < -0.4 is 0 Å². The van der Waals surface area contributed by atoms with E-state index in [1.165, 1.54) is 0 Å². The van der Waals surface area contributed by atoms with Crippen LogP contribution in [0.3, 0.4) is 0 Å². The van der Waals surface area contributed by atoms with Crippen molar-refractivity contribution in [1.29, 1.82) is 0 Å². The van der Waals surface area contributed by atoms with Crippen LogP contribution in [0.4, 0.5) is 0 Å². The molecule has 0 spiro atoms. The van der Waals surface area contributed by atoms with E-state index in [4.69, 9.17) is 0 Å². The molecule has 0 aliphatic rings. The number of rotatable bonds is 4. The Labute approximate surface area is 102 Å². The SMILES string of the molecule is O=C([SiH2]C(=O)c1ccccc1)c1ccccc1. The van der Waals surface area contributed by atoms with Crippen LogP contribution in [0.2, 0.25) is 0 Å². The van der Waals surface area contributed by atoms with Crippen molar-refractivity contribution in [3.05, 3.63) is 71.8 Å². The van der Waals surface area contributed by atoms with Gasteiger partial charge in [0.05, 0.1) is 0 Å². The summed E-state index contributed by atoms with van der Waals surface area (Å²) in [5.74, 6) is 0. The zero-order valence-electron chi connectivity index (χ0n) is 9.30. The molecular formula is C14H12O2Si. The lowest BCUT2D eigenvalue weighted by atomic mass is 10.2. The van der Waals surface area contributed by atoms with Gasteiger partial charge in [-0.2, -0.15) is 0 Å². The van der Waals surface area contributed by atoms with Crippen LogP contribution in [0.15, 0.2) is 60.7 Å². The Morgan fingerprint density at radius 3 is 1.35 bits per heavy atom. The van der Waals surface area contributed by atoms with Crippen LogP contribution in [0.5, 0.6) is 0 Å². The summed E-state index contributed by atoms with van der Waals surface area (Å²) in [6, 6.07) is 18.0. The summed E-state index contributed by atoms with van der Waals surface area (Å²) in [5, 5.41) is -0.00101. The van der Waals surface area contributed by atoms with Gasteiger partial charge in [-0.25, -0.2) is 0 Å². The molecule has 0 radical (unpaired) electrons. The minimum absolute atomic E-state index is 0.000506. The fourth-order valence-electron chi connectivity index (χ4n) is 1.60. The van der Waals surface area contributed by atoms with Gasteiger partial charge in [0, 0.05) is 11.1 Å². The molecule has 17 heavy (non-hydrogen) atoms. The third kappa shape index (κ3) is 2.98. The summed E-state index contributed by atoms with van der Waals surface area (Å²) in [5.41, 5.74) is 1.28. The summed E-state index contributed by atoms with van der Waals surface area (Å²) < 4.78 is 0. The second-order valence-electron chi connectivity index (χ2n) is 3.76. The van der Waals surface area contributed by atoms with E-state index in [2.05, 4.69) is 0 Å². The first-order valence-electron chi connectivity index (χ1n) is 5.44. The first-order chi connectivity index (χ1) is 8.27. The summed E-state index contributed by atoms with van der Waals surface area (Å²) >= 11 is 0. The minimum Gasteiger partial charge on any atom is -0.300 e. The molecule has 3 heteroatoms. The van der Waals surface area contributed by atoms with Crippen LogP contribution >= 0.6 is 0 Å². The highest BCUT2D eigenvalue weighted by atomic mass is 28.2. The van der Waals surface area contributed by atoms with Gasteiger partial charge in [-0.3, -0.25) is 0 Å². The van der Waals surface area contributed by atoms with Crippen molar-refractivity contribution >= 4 is 20.3 Å². The smallest absolute Gasteiger partial charge is 0.190 e. The van der Waals surface area contributed by atoms with E-state index >= 15 is 0 Å². The predicted molar refractivity (Wildman–Crippen MR) is 70.1 cm³/mol. The number of carbonyl (C=O) groups is 2. The van der Waals surface area contributed by atoms with Gasteiger partial charge in [0.25, 0.3) is 0 Å². The molecule has 2 aromatic carbocycles. The van der Waals surface area contributed by atoms with Crippen molar-refractivity contribution in [2.24, 2.45) is 0 Å². The molecule has 2 aromatic rings. The van der Waals surface area contributed by atoms with Gasteiger partial charge in [-0.05, 0) is 0 Å². The van der Waals surface area contributed by atoms with Crippen molar-refractivity contribution < 1.29 is 9.59 Å². The molecule has 2 nitrogen and oxygen atoms in total. The molecule has 0 saturated heterocycles. The lowest BCUT2D eigenvalue weighted by molar-refractivity contribution is 0.104. The fourth-order valence-corrected chi connectivity index (χ4v) is 2.77. The van der Waals surface area contributed by atoms with Gasteiger partial charge in [0.2, 0.25) is 0 Å². The number of hydrogen-bond acceptors (Lipinski definition) is 2. The van der Waals surface area contributed by atoms with E-state index in [0.717, 1.165) is 0 Å². The fraction of sp³-hybridized carbons (Fsp3) is 0. The standard InChI is InChI=1S/C14H12O2Si/c15-13(11-7-3-1-4-8-11)17-14(16)12-9-5-2-6-10-12/h1-10H,17H2. The Balaban J connectivity index is 2.08. The molecule has 0 atom stereocenters. The van der Waals surface area contributed by atoms with Gasteiger partial charge in [0.1, 0.15) is 10.8 Å². The van der Waals surface area contributed by atoms with Crippen LogP contribution in [0.25, 0.3) is 0 Å². The van der Waals surface area contributed by atoms with Crippen LogP contribution in [0, 0.1) is 0 Å². The summed E-state index contributed by atoms with van der Waals surface area (Å²) in [6.45, 7) is 0. The number of carbonyl (C=O) groups excluding carboxylic acids is 2. The predicted octanol–water partition coefficient (Wildman–Crippen LogP) is 1.84. The van der Waals surface area contributed by atoms with Crippen molar-refractivity contribution in [2.75, 3.05) is 0 Å². The summed E-state index contributed by atoms with van der Waals surface area (Å²) in [6.07, 6.45) is 0. The van der Waals surface area contributed by atoms with E-state index in [0.29, 0.717) is 11.1 Å². The first kappa shape index (κ1) is 11.5. The molecule has 0 fully saturated rings. The van der Waals surface area contributed by atoms with E-state index in [-0.39, 0.29) is 10.8 Å². The second kappa shape index (κ2) is 5.36. The lowest BCUT2D eigenvalue weighted by Gasteiger charge is -2.00. The van der Waals surface area contributed by atoms with Crippen molar-refractivity contribution in [2.45, 2.75) is 0 Å². The Kier molecular flexibility index (Phi) is 3.62. The molecule has 0 heterocycles. The third-order valence-corrected chi connectivity index (χ3v) is 3.97. The molecule has 84 valence electrons. The Morgan fingerprint density at radius 2 is 1.00 bits per heavy atom. The van der Waals surface area contributed by atoms with Crippen molar-refractivity contribution in [1.82, 2.24) is 0 Å². The van der Waals surface area contributed by atoms with Crippen molar-refractivity contribution in [3.63, 3.8) is 0 Å². The van der Waals surface area contributed by atoms with E-state index < -0.39 is 9.52 Å². The van der Waals surface area contributed by atoms with Gasteiger partial charge in [0.15, 0.2) is 9.52 Å². The van der Waals surface area contributed by atoms with E-state index in [1.807, 2.05) is 36.4 Å². The molecule has 0 aromatic heterocycles. The minimum atomic E-state index is -1.41. The Morgan fingerprint density at radius 1 is 0.647 bits per heavy atom. The van der Waals surface area contributed by atoms with Crippen LogP contribution in [-0.4, -0.2) is 20.3 Å². The Hall–Kier alpha value is -2.00. The highest BCUT2D eigenvalue weighted by Gasteiger charge is 2.13. The molecule has 0 saturated carbocycles. The largest absolute Gasteiger partial charge is 0.300 e. The average molecular weight is 240 g/mol. The quantitative estimate of drug-likeness (QED) is 0.764. The molecule has 0 aliphatic carbocycles. The van der Waals surface area contributed by atoms with Gasteiger partial charge < -0.3 is 9.59 Å². The average Bonchev–Trinajstić information content (AvgIpc) is 2.40. The molecule has 0 aliphatic heterocycles. The zero-order chi connectivity index (χ0) is 12.1.